The van der Waals surface area contributed by atoms with Gasteiger partial charge in [0.25, 0.3) is 0 Å². The summed E-state index contributed by atoms with van der Waals surface area (Å²) in [7, 11) is -2.18. The highest BCUT2D eigenvalue weighted by molar-refractivity contribution is 6.69. The Balaban J connectivity index is 2.49. The largest absolute Gasteiger partial charge is 0.416 e. The molecule has 0 heterocycles. The number of hydrogen-bond acceptors (Lipinski definition) is 2. The smallest absolute Gasteiger partial charge is 0.394 e. The number of alkyl halides is 3. The second-order valence-electron chi connectivity index (χ2n) is 6.88. The van der Waals surface area contributed by atoms with Gasteiger partial charge in [0.05, 0.1) is 5.56 Å². The molecular formula is C20H20F3NOSi. The molecule has 1 atom stereocenters. The lowest BCUT2D eigenvalue weighted by Crippen LogP contribution is -2.38. The minimum atomic E-state index is -4.42. The maximum atomic E-state index is 12.8. The van der Waals surface area contributed by atoms with Gasteiger partial charge in [-0.25, -0.2) is 0 Å². The van der Waals surface area contributed by atoms with E-state index in [9.17, 15) is 18.4 Å². The van der Waals surface area contributed by atoms with Crippen molar-refractivity contribution in [2.75, 3.05) is 0 Å². The fourth-order valence-electron chi connectivity index (χ4n) is 2.48. The minimum Gasteiger partial charge on any atom is -0.394 e. The predicted molar refractivity (Wildman–Crippen MR) is 98.6 cm³/mol. The molecule has 0 saturated heterocycles. The first-order chi connectivity index (χ1) is 12.1. The Morgan fingerprint density at radius 3 is 1.92 bits per heavy atom. The Bertz CT molecular complexity index is 802. The molecule has 0 radical (unpaired) electrons. The van der Waals surface area contributed by atoms with Crippen molar-refractivity contribution in [3.8, 4) is 6.07 Å². The molecule has 2 nitrogen and oxygen atoms in total. The molecule has 0 aliphatic rings. The van der Waals surface area contributed by atoms with Crippen LogP contribution in [-0.2, 0) is 16.2 Å². The molecule has 0 saturated carbocycles. The maximum Gasteiger partial charge on any atom is 0.416 e. The molecule has 0 aromatic heterocycles. The molecular weight excluding hydrogens is 355 g/mol. The Labute approximate surface area is 152 Å². The molecule has 136 valence electrons. The van der Waals surface area contributed by atoms with E-state index in [2.05, 4.69) is 6.07 Å². The zero-order chi connectivity index (χ0) is 19.4. The summed E-state index contributed by atoms with van der Waals surface area (Å²) >= 11 is 0. The number of rotatable bonds is 5. The molecule has 0 aliphatic heterocycles. The van der Waals surface area contributed by atoms with Gasteiger partial charge in [-0.3, -0.25) is 0 Å². The van der Waals surface area contributed by atoms with E-state index in [1.165, 1.54) is 12.1 Å². The Hall–Kier alpha value is -2.36. The minimum absolute atomic E-state index is 0.377. The van der Waals surface area contributed by atoms with Crippen LogP contribution in [-0.4, -0.2) is 8.32 Å². The van der Waals surface area contributed by atoms with Crippen molar-refractivity contribution < 1.29 is 17.6 Å². The summed E-state index contributed by atoms with van der Waals surface area (Å²) in [4.78, 5) is 0. The van der Waals surface area contributed by atoms with Crippen molar-refractivity contribution in [3.63, 3.8) is 0 Å². The topological polar surface area (TPSA) is 33.0 Å². The van der Waals surface area contributed by atoms with Gasteiger partial charge in [-0.2, -0.15) is 18.4 Å². The first-order valence-corrected chi connectivity index (χ1v) is 11.5. The maximum absolute atomic E-state index is 12.8. The monoisotopic (exact) mass is 375 g/mol. The lowest BCUT2D eigenvalue weighted by molar-refractivity contribution is -0.137. The predicted octanol–water partition coefficient (Wildman–Crippen LogP) is 5.99. The van der Waals surface area contributed by atoms with E-state index in [0.29, 0.717) is 5.56 Å². The first-order valence-electron chi connectivity index (χ1n) is 8.09. The second-order valence-corrected chi connectivity index (χ2v) is 11.3. The fraction of sp³-hybridized carbons (Fsp3) is 0.250. The summed E-state index contributed by atoms with van der Waals surface area (Å²) in [5.41, 5.74) is -0.946. The molecule has 6 heteroatoms. The zero-order valence-electron chi connectivity index (χ0n) is 14.8. The van der Waals surface area contributed by atoms with Gasteiger partial charge in [0.1, 0.15) is 6.07 Å². The third kappa shape index (κ3) is 5.07. The lowest BCUT2D eigenvalue weighted by atomic mass is 9.93. The summed E-state index contributed by atoms with van der Waals surface area (Å²) in [6.45, 7) is 5.79. The van der Waals surface area contributed by atoms with Gasteiger partial charge >= 0.3 is 6.18 Å². The van der Waals surface area contributed by atoms with Crippen molar-refractivity contribution in [1.82, 2.24) is 0 Å². The standard InChI is InChI=1S/C20H20F3NOSi/c1-26(2,3)25-19(15-24,14-13-16-7-5-4-6-8-16)17-9-11-18(12-10-17)20(21,22)23/h4-14H,1-3H3. The van der Waals surface area contributed by atoms with E-state index >= 15 is 0 Å². The van der Waals surface area contributed by atoms with Crippen LogP contribution in [0.2, 0.25) is 19.6 Å². The number of nitrogens with zero attached hydrogens (tertiary/aromatic N) is 1. The molecule has 0 fully saturated rings. The molecule has 0 spiro atoms. The van der Waals surface area contributed by atoms with Gasteiger partial charge in [0.15, 0.2) is 13.9 Å². The SMILES string of the molecule is C[Si](C)(C)OC(C#N)(C=Cc1ccccc1)c1ccc(C(F)(F)F)cc1. The Kier molecular flexibility index (Phi) is 5.74. The third-order valence-corrected chi connectivity index (χ3v) is 4.52. The van der Waals surface area contributed by atoms with Crippen LogP contribution < -0.4 is 0 Å². The molecule has 1 unspecified atom stereocenters. The molecule has 2 aromatic carbocycles. The molecule has 2 rings (SSSR count). The first kappa shape index (κ1) is 20.0. The molecule has 26 heavy (non-hydrogen) atoms. The number of benzene rings is 2. The average Bonchev–Trinajstić information content (AvgIpc) is 2.58. The van der Waals surface area contributed by atoms with Crippen LogP contribution >= 0.6 is 0 Å². The van der Waals surface area contributed by atoms with E-state index in [-0.39, 0.29) is 0 Å². The van der Waals surface area contributed by atoms with E-state index in [1.807, 2.05) is 50.0 Å². The van der Waals surface area contributed by atoms with E-state index in [4.69, 9.17) is 4.43 Å². The van der Waals surface area contributed by atoms with Crippen LogP contribution in [0.1, 0.15) is 16.7 Å². The number of halogens is 3. The zero-order valence-corrected chi connectivity index (χ0v) is 15.8. The van der Waals surface area contributed by atoms with Crippen molar-refractivity contribution in [2.45, 2.75) is 31.4 Å². The van der Waals surface area contributed by atoms with Crippen molar-refractivity contribution >= 4 is 14.4 Å². The van der Waals surface area contributed by atoms with Gasteiger partial charge in [-0.1, -0.05) is 48.5 Å². The fourth-order valence-corrected chi connectivity index (χ4v) is 3.68. The highest BCUT2D eigenvalue weighted by atomic mass is 28.4. The van der Waals surface area contributed by atoms with E-state index in [1.54, 1.807) is 12.2 Å². The lowest BCUT2D eigenvalue weighted by Gasteiger charge is -2.32. The molecule has 0 amide bonds. The highest BCUT2D eigenvalue weighted by Gasteiger charge is 2.37. The number of hydrogen-bond donors (Lipinski definition) is 0. The Morgan fingerprint density at radius 2 is 1.46 bits per heavy atom. The quantitative estimate of drug-likeness (QED) is 0.602. The summed E-state index contributed by atoms with van der Waals surface area (Å²) in [5, 5.41) is 9.87. The van der Waals surface area contributed by atoms with Gasteiger partial charge < -0.3 is 4.43 Å². The van der Waals surface area contributed by atoms with Crippen LogP contribution in [0.5, 0.6) is 0 Å². The number of nitriles is 1. The van der Waals surface area contributed by atoms with Gasteiger partial charge in [0, 0.05) is 5.56 Å². The third-order valence-electron chi connectivity index (χ3n) is 3.58. The van der Waals surface area contributed by atoms with Crippen LogP contribution in [0.3, 0.4) is 0 Å². The van der Waals surface area contributed by atoms with E-state index < -0.39 is 25.7 Å². The van der Waals surface area contributed by atoms with Crippen LogP contribution in [0, 0.1) is 11.3 Å². The van der Waals surface area contributed by atoms with Crippen molar-refractivity contribution in [2.24, 2.45) is 0 Å². The van der Waals surface area contributed by atoms with Gasteiger partial charge in [-0.05, 0) is 43.4 Å². The van der Waals surface area contributed by atoms with Crippen LogP contribution in [0.25, 0.3) is 6.08 Å². The normalized spacial score (nSPS) is 14.8. The summed E-state index contributed by atoms with van der Waals surface area (Å²) in [5.74, 6) is 0. The average molecular weight is 375 g/mol. The highest BCUT2D eigenvalue weighted by Crippen LogP contribution is 2.35. The molecule has 0 bridgehead atoms. The summed E-state index contributed by atoms with van der Waals surface area (Å²) in [6, 6.07) is 16.1. The van der Waals surface area contributed by atoms with Gasteiger partial charge in [0.2, 0.25) is 0 Å². The van der Waals surface area contributed by atoms with E-state index in [0.717, 1.165) is 17.7 Å². The molecule has 0 aliphatic carbocycles. The van der Waals surface area contributed by atoms with Crippen LogP contribution in [0.15, 0.2) is 60.7 Å². The summed E-state index contributed by atoms with van der Waals surface area (Å²) in [6.07, 6.45) is -1.06. The summed E-state index contributed by atoms with van der Waals surface area (Å²) < 4.78 is 44.6. The van der Waals surface area contributed by atoms with Crippen molar-refractivity contribution in [3.05, 3.63) is 77.4 Å². The second kappa shape index (κ2) is 7.48. The molecule has 2 aromatic rings. The van der Waals surface area contributed by atoms with Crippen LogP contribution in [0.4, 0.5) is 13.2 Å². The van der Waals surface area contributed by atoms with Crippen molar-refractivity contribution in [1.29, 1.82) is 5.26 Å². The molecule has 0 N–H and O–H groups in total. The van der Waals surface area contributed by atoms with Gasteiger partial charge in [-0.15, -0.1) is 0 Å². The Morgan fingerprint density at radius 1 is 0.923 bits per heavy atom.